The minimum atomic E-state index is -0.711. The number of rotatable bonds is 9. The zero-order chi connectivity index (χ0) is 18.2. The van der Waals surface area contributed by atoms with Gasteiger partial charge in [-0.25, -0.2) is 9.55 Å². The standard InChI is InChI=1S/C18H24N4O3/c1-3-20(4-2)13-16(23)14-21-17(19-12-18(21)22(24)25)11-10-15-8-6-5-7-9-15/h5-12,16,23H,3-4,13-14H2,1-2H3/b11-10+. The minimum absolute atomic E-state index is 0.119. The molecule has 0 amide bonds. The Balaban J connectivity index is 2.21. The average molecular weight is 344 g/mol. The first-order chi connectivity index (χ1) is 12.0. The highest BCUT2D eigenvalue weighted by atomic mass is 16.6. The van der Waals surface area contributed by atoms with Gasteiger partial charge in [-0.1, -0.05) is 44.2 Å². The van der Waals surface area contributed by atoms with E-state index in [1.807, 2.05) is 50.3 Å². The van der Waals surface area contributed by atoms with Crippen LogP contribution in [0.25, 0.3) is 12.2 Å². The number of aromatic nitrogens is 2. The van der Waals surface area contributed by atoms with Gasteiger partial charge in [-0.3, -0.25) is 0 Å². The van der Waals surface area contributed by atoms with Crippen LogP contribution in [0.3, 0.4) is 0 Å². The van der Waals surface area contributed by atoms with Crippen LogP contribution in [0.15, 0.2) is 36.5 Å². The molecule has 1 aromatic heterocycles. The van der Waals surface area contributed by atoms with Gasteiger partial charge in [0.25, 0.3) is 0 Å². The number of benzene rings is 1. The van der Waals surface area contributed by atoms with Crippen LogP contribution >= 0.6 is 0 Å². The van der Waals surface area contributed by atoms with Crippen LogP contribution in [0.5, 0.6) is 0 Å². The lowest BCUT2D eigenvalue weighted by atomic mass is 10.2. The maximum absolute atomic E-state index is 11.3. The Morgan fingerprint density at radius 1 is 1.28 bits per heavy atom. The first kappa shape index (κ1) is 18.8. The molecular weight excluding hydrogens is 320 g/mol. The average Bonchev–Trinajstić information content (AvgIpc) is 3.01. The van der Waals surface area contributed by atoms with Gasteiger partial charge < -0.3 is 20.1 Å². The zero-order valence-corrected chi connectivity index (χ0v) is 14.6. The fourth-order valence-corrected chi connectivity index (χ4v) is 2.63. The van der Waals surface area contributed by atoms with Crippen LogP contribution < -0.4 is 0 Å². The molecule has 2 aromatic rings. The molecule has 1 aromatic carbocycles. The topological polar surface area (TPSA) is 84.4 Å². The summed E-state index contributed by atoms with van der Waals surface area (Å²) in [7, 11) is 0. The molecule has 1 unspecified atom stereocenters. The Labute approximate surface area is 147 Å². The van der Waals surface area contributed by atoms with Crippen molar-refractivity contribution >= 4 is 18.0 Å². The molecule has 0 spiro atoms. The largest absolute Gasteiger partial charge is 0.388 e. The number of likely N-dealkylation sites (N-methyl/N-ethyl adjacent to an activating group) is 1. The fraction of sp³-hybridized carbons (Fsp3) is 0.389. The Kier molecular flexibility index (Phi) is 6.85. The molecular formula is C18H24N4O3. The number of hydrogen-bond acceptors (Lipinski definition) is 5. The number of imidazole rings is 1. The monoisotopic (exact) mass is 344 g/mol. The van der Waals surface area contributed by atoms with Crippen LogP contribution in [0.2, 0.25) is 0 Å². The quantitative estimate of drug-likeness (QED) is 0.558. The van der Waals surface area contributed by atoms with Crippen molar-refractivity contribution in [2.75, 3.05) is 19.6 Å². The normalized spacial score (nSPS) is 12.8. The van der Waals surface area contributed by atoms with Gasteiger partial charge in [-0.05, 0) is 29.7 Å². The van der Waals surface area contributed by atoms with Gasteiger partial charge in [0, 0.05) is 12.6 Å². The van der Waals surface area contributed by atoms with Crippen molar-refractivity contribution in [2.45, 2.75) is 26.5 Å². The molecule has 0 aliphatic heterocycles. The Hall–Kier alpha value is -2.51. The molecule has 7 nitrogen and oxygen atoms in total. The van der Waals surface area contributed by atoms with E-state index in [0.717, 1.165) is 18.7 Å². The smallest absolute Gasteiger partial charge is 0.343 e. The first-order valence-corrected chi connectivity index (χ1v) is 8.38. The molecule has 25 heavy (non-hydrogen) atoms. The summed E-state index contributed by atoms with van der Waals surface area (Å²) in [6.07, 6.45) is 4.09. The highest BCUT2D eigenvalue weighted by Crippen LogP contribution is 2.17. The summed E-state index contributed by atoms with van der Waals surface area (Å²) in [4.78, 5) is 17.0. The summed E-state index contributed by atoms with van der Waals surface area (Å²) in [5.74, 6) is 0.334. The van der Waals surface area contributed by atoms with Crippen molar-refractivity contribution < 1.29 is 10.0 Å². The van der Waals surface area contributed by atoms with Crippen molar-refractivity contribution in [3.05, 3.63) is 58.0 Å². The van der Waals surface area contributed by atoms with E-state index < -0.39 is 11.0 Å². The van der Waals surface area contributed by atoms with E-state index in [1.165, 1.54) is 10.8 Å². The third-order valence-corrected chi connectivity index (χ3v) is 4.03. The van der Waals surface area contributed by atoms with Crippen LogP contribution in [0.4, 0.5) is 5.82 Å². The molecule has 7 heteroatoms. The first-order valence-electron chi connectivity index (χ1n) is 8.38. The lowest BCUT2D eigenvalue weighted by Crippen LogP contribution is -2.34. The number of nitro groups is 1. The van der Waals surface area contributed by atoms with E-state index >= 15 is 0 Å². The minimum Gasteiger partial charge on any atom is -0.388 e. The van der Waals surface area contributed by atoms with Crippen LogP contribution in [0, 0.1) is 10.1 Å². The number of aliphatic hydroxyl groups is 1. The third-order valence-electron chi connectivity index (χ3n) is 4.03. The molecule has 0 bridgehead atoms. The summed E-state index contributed by atoms with van der Waals surface area (Å²) < 4.78 is 1.45. The molecule has 1 heterocycles. The second-order valence-corrected chi connectivity index (χ2v) is 5.73. The van der Waals surface area contributed by atoms with Crippen LogP contribution in [0.1, 0.15) is 25.2 Å². The molecule has 0 aliphatic carbocycles. The van der Waals surface area contributed by atoms with E-state index in [2.05, 4.69) is 9.88 Å². The van der Waals surface area contributed by atoms with E-state index in [-0.39, 0.29) is 12.4 Å². The van der Waals surface area contributed by atoms with Gasteiger partial charge in [0.05, 0.1) is 0 Å². The molecule has 0 aliphatic rings. The lowest BCUT2D eigenvalue weighted by molar-refractivity contribution is -0.392. The van der Waals surface area contributed by atoms with Gasteiger partial charge in [0.1, 0.15) is 18.8 Å². The van der Waals surface area contributed by atoms with E-state index in [1.54, 1.807) is 6.08 Å². The third kappa shape index (κ3) is 5.23. The summed E-state index contributed by atoms with van der Waals surface area (Å²) in [5.41, 5.74) is 0.975. The predicted molar refractivity (Wildman–Crippen MR) is 98.0 cm³/mol. The molecule has 134 valence electrons. The maximum Gasteiger partial charge on any atom is 0.343 e. The second-order valence-electron chi connectivity index (χ2n) is 5.73. The highest BCUT2D eigenvalue weighted by molar-refractivity contribution is 5.67. The van der Waals surface area contributed by atoms with Gasteiger partial charge in [0.15, 0.2) is 0 Å². The molecule has 0 fully saturated rings. The van der Waals surface area contributed by atoms with E-state index in [4.69, 9.17) is 0 Å². The summed E-state index contributed by atoms with van der Waals surface area (Å²) >= 11 is 0. The molecule has 1 atom stereocenters. The van der Waals surface area contributed by atoms with Crippen molar-refractivity contribution in [1.82, 2.24) is 14.5 Å². The second kappa shape index (κ2) is 9.10. The number of nitrogens with zero attached hydrogens (tertiary/aromatic N) is 4. The summed E-state index contributed by atoms with van der Waals surface area (Å²) in [5, 5.41) is 21.6. The Morgan fingerprint density at radius 2 is 1.96 bits per heavy atom. The van der Waals surface area contributed by atoms with Gasteiger partial charge >= 0.3 is 5.82 Å². The molecule has 0 radical (unpaired) electrons. The Morgan fingerprint density at radius 3 is 2.56 bits per heavy atom. The van der Waals surface area contributed by atoms with Crippen molar-refractivity contribution in [1.29, 1.82) is 0 Å². The van der Waals surface area contributed by atoms with Crippen LogP contribution in [-0.4, -0.2) is 50.2 Å². The van der Waals surface area contributed by atoms with Crippen molar-refractivity contribution in [2.24, 2.45) is 0 Å². The van der Waals surface area contributed by atoms with Gasteiger partial charge in [-0.15, -0.1) is 0 Å². The van der Waals surface area contributed by atoms with E-state index in [9.17, 15) is 15.2 Å². The predicted octanol–water partition coefficient (Wildman–Crippen LogP) is 2.66. The molecule has 1 N–H and O–H groups in total. The molecule has 2 rings (SSSR count). The van der Waals surface area contributed by atoms with E-state index in [0.29, 0.717) is 12.4 Å². The SMILES string of the molecule is CCN(CC)CC(O)Cn1c([N+](=O)[O-])cnc1/C=C/c1ccccc1. The maximum atomic E-state index is 11.3. The van der Waals surface area contributed by atoms with Crippen LogP contribution in [-0.2, 0) is 6.54 Å². The lowest BCUT2D eigenvalue weighted by Gasteiger charge is -2.21. The Bertz CT molecular complexity index is 708. The molecule has 0 saturated carbocycles. The summed E-state index contributed by atoms with van der Waals surface area (Å²) in [6, 6.07) is 9.64. The summed E-state index contributed by atoms with van der Waals surface area (Å²) in [6.45, 7) is 6.26. The highest BCUT2D eigenvalue weighted by Gasteiger charge is 2.22. The van der Waals surface area contributed by atoms with Crippen molar-refractivity contribution in [3.8, 4) is 0 Å². The number of hydrogen-bond donors (Lipinski definition) is 1. The van der Waals surface area contributed by atoms with Crippen molar-refractivity contribution in [3.63, 3.8) is 0 Å². The fourth-order valence-electron chi connectivity index (χ4n) is 2.63. The molecule has 0 saturated heterocycles. The van der Waals surface area contributed by atoms with Gasteiger partial charge in [0.2, 0.25) is 5.82 Å². The number of aliphatic hydroxyl groups excluding tert-OH is 1. The van der Waals surface area contributed by atoms with Gasteiger partial charge in [-0.2, -0.15) is 0 Å². The zero-order valence-electron chi connectivity index (χ0n) is 14.6.